The molecule has 0 saturated carbocycles. The number of hydrogen-bond acceptors (Lipinski definition) is 1. The van der Waals surface area contributed by atoms with E-state index in [0.29, 0.717) is 5.56 Å². The van der Waals surface area contributed by atoms with Crippen LogP contribution in [0.4, 0.5) is 4.39 Å². The van der Waals surface area contributed by atoms with Crippen molar-refractivity contribution in [2.45, 2.75) is 13.5 Å². The highest BCUT2D eigenvalue weighted by Gasteiger charge is 2.15. The Kier molecular flexibility index (Phi) is 5.03. The summed E-state index contributed by atoms with van der Waals surface area (Å²) in [5.41, 5.74) is 2.72. The summed E-state index contributed by atoms with van der Waals surface area (Å²) in [5, 5.41) is 1.10. The van der Waals surface area contributed by atoms with E-state index in [0.717, 1.165) is 10.9 Å². The second-order valence-electron chi connectivity index (χ2n) is 5.13. The van der Waals surface area contributed by atoms with Gasteiger partial charge in [0.25, 0.3) is 0 Å². The minimum absolute atomic E-state index is 0. The lowest BCUT2D eigenvalue weighted by Crippen LogP contribution is -3.00. The molecule has 2 aromatic carbocycles. The van der Waals surface area contributed by atoms with Crippen LogP contribution in [0.1, 0.15) is 15.9 Å². The van der Waals surface area contributed by atoms with Crippen LogP contribution in [0.25, 0.3) is 10.9 Å². The van der Waals surface area contributed by atoms with E-state index in [1.807, 2.05) is 42.0 Å². The van der Waals surface area contributed by atoms with Crippen molar-refractivity contribution >= 4 is 16.7 Å². The molecule has 0 unspecified atom stereocenters. The predicted octanol–water partition coefficient (Wildman–Crippen LogP) is 0.462. The average Bonchev–Trinajstić information content (AvgIpc) is 2.47. The quantitative estimate of drug-likeness (QED) is 0.491. The van der Waals surface area contributed by atoms with Gasteiger partial charge in [-0.2, -0.15) is 4.57 Å². The number of benzene rings is 2. The second kappa shape index (κ2) is 6.79. The number of carbonyl (C=O) groups excluding carboxylic acids is 1. The topological polar surface area (TPSA) is 20.9 Å². The minimum atomic E-state index is -0.333. The van der Waals surface area contributed by atoms with Crippen molar-refractivity contribution in [2.75, 3.05) is 0 Å². The van der Waals surface area contributed by atoms with Crippen LogP contribution in [0.5, 0.6) is 0 Å². The van der Waals surface area contributed by atoms with Crippen molar-refractivity contribution in [3.05, 3.63) is 77.7 Å². The maximum absolute atomic E-state index is 12.9. The largest absolute Gasteiger partial charge is 1.00 e. The summed E-state index contributed by atoms with van der Waals surface area (Å²) in [7, 11) is 0. The van der Waals surface area contributed by atoms with E-state index in [9.17, 15) is 9.18 Å². The normalized spacial score (nSPS) is 10.3. The van der Waals surface area contributed by atoms with E-state index in [1.54, 1.807) is 0 Å². The number of pyridine rings is 1. The van der Waals surface area contributed by atoms with Gasteiger partial charge in [0.1, 0.15) is 5.82 Å². The summed E-state index contributed by atoms with van der Waals surface area (Å²) >= 11 is 0. The van der Waals surface area contributed by atoms with Gasteiger partial charge in [0, 0.05) is 23.1 Å². The third-order valence-corrected chi connectivity index (χ3v) is 3.51. The van der Waals surface area contributed by atoms with Crippen molar-refractivity contribution < 1.29 is 30.7 Å². The summed E-state index contributed by atoms with van der Waals surface area (Å²) < 4.78 is 14.8. The Hall–Kier alpha value is -2.07. The van der Waals surface area contributed by atoms with Gasteiger partial charge in [0.05, 0.1) is 0 Å². The number of nitrogens with zero attached hydrogens (tertiary/aromatic N) is 1. The zero-order valence-corrected chi connectivity index (χ0v) is 13.7. The van der Waals surface area contributed by atoms with Crippen LogP contribution in [0.15, 0.2) is 60.8 Å². The Morgan fingerprint density at radius 3 is 2.55 bits per heavy atom. The number of carbonyl (C=O) groups is 1. The summed E-state index contributed by atoms with van der Waals surface area (Å²) in [6.07, 6.45) is 1.89. The maximum Gasteiger partial charge on any atom is 0.227 e. The predicted molar refractivity (Wildman–Crippen MR) is 79.6 cm³/mol. The lowest BCUT2D eigenvalue weighted by atomic mass is 10.1. The van der Waals surface area contributed by atoms with Gasteiger partial charge in [-0.15, -0.1) is 0 Å². The first-order chi connectivity index (χ1) is 10.1. The van der Waals surface area contributed by atoms with E-state index < -0.39 is 0 Å². The molecule has 22 heavy (non-hydrogen) atoms. The van der Waals surface area contributed by atoms with E-state index in [2.05, 4.69) is 6.07 Å². The van der Waals surface area contributed by atoms with E-state index in [-0.39, 0.29) is 35.1 Å². The van der Waals surface area contributed by atoms with Crippen LogP contribution in [0, 0.1) is 12.7 Å². The molecule has 2 nitrogen and oxygen atoms in total. The number of hydrogen-bond donors (Lipinski definition) is 0. The number of rotatable bonds is 3. The summed E-state index contributed by atoms with van der Waals surface area (Å²) in [6, 6.07) is 15.8. The number of aryl methyl sites for hydroxylation is 1. The number of ketones is 1. The van der Waals surface area contributed by atoms with Crippen LogP contribution in [0.3, 0.4) is 0 Å². The Morgan fingerprint density at radius 1 is 1.09 bits per heavy atom. The Labute approximate surface area is 139 Å². The van der Waals surface area contributed by atoms with Gasteiger partial charge in [-0.1, -0.05) is 11.6 Å². The van der Waals surface area contributed by atoms with Crippen LogP contribution in [-0.4, -0.2) is 5.78 Å². The molecule has 3 rings (SSSR count). The van der Waals surface area contributed by atoms with Gasteiger partial charge >= 0.3 is 0 Å². The third-order valence-electron chi connectivity index (χ3n) is 3.51. The number of Topliss-reactive ketones (excluding diaryl/α,β-unsaturated/α-hetero) is 1. The molecule has 0 amide bonds. The highest BCUT2D eigenvalue weighted by molar-refractivity contribution is 5.95. The molecule has 4 heteroatoms. The highest BCUT2D eigenvalue weighted by Crippen LogP contribution is 2.12. The molecular weight excluding hydrogens is 345 g/mol. The fourth-order valence-electron chi connectivity index (χ4n) is 2.42. The van der Waals surface area contributed by atoms with E-state index in [4.69, 9.17) is 0 Å². The molecule has 0 spiro atoms. The molecule has 0 aliphatic heterocycles. The fraction of sp³-hybridized carbons (Fsp3) is 0.111. The summed E-state index contributed by atoms with van der Waals surface area (Å²) in [5.74, 6) is -0.368. The molecule has 3 aromatic rings. The van der Waals surface area contributed by atoms with Crippen LogP contribution in [0.2, 0.25) is 0 Å². The molecule has 1 aromatic heterocycles. The molecule has 0 radical (unpaired) electrons. The zero-order valence-electron chi connectivity index (χ0n) is 12.1. The summed E-state index contributed by atoms with van der Waals surface area (Å²) in [6.45, 7) is 2.28. The molecule has 112 valence electrons. The highest BCUT2D eigenvalue weighted by atomic mass is 79.9. The van der Waals surface area contributed by atoms with Crippen molar-refractivity contribution in [1.82, 2.24) is 0 Å². The van der Waals surface area contributed by atoms with Crippen molar-refractivity contribution in [1.29, 1.82) is 0 Å². The Bertz CT molecular complexity index is 815. The van der Waals surface area contributed by atoms with E-state index >= 15 is 0 Å². The molecule has 0 bridgehead atoms. The number of fused-ring (bicyclic) bond motifs is 1. The third kappa shape index (κ3) is 3.39. The van der Waals surface area contributed by atoms with Gasteiger partial charge in [-0.25, -0.2) is 4.39 Å². The maximum atomic E-state index is 12.9. The summed E-state index contributed by atoms with van der Waals surface area (Å²) in [4.78, 5) is 12.3. The minimum Gasteiger partial charge on any atom is -1.00 e. The zero-order chi connectivity index (χ0) is 14.8. The van der Waals surface area contributed by atoms with E-state index in [1.165, 1.54) is 29.8 Å². The molecular formula is C18H15BrFNO. The molecule has 0 aliphatic carbocycles. The molecule has 0 saturated heterocycles. The lowest BCUT2D eigenvalue weighted by molar-refractivity contribution is -0.657. The van der Waals surface area contributed by atoms with Gasteiger partial charge in [0.2, 0.25) is 17.8 Å². The first kappa shape index (κ1) is 16.3. The first-order valence-electron chi connectivity index (χ1n) is 6.81. The second-order valence-corrected chi connectivity index (χ2v) is 5.13. The molecule has 1 heterocycles. The standard InChI is InChI=1S/C18H15FNO.BrH/c1-13-4-9-17-15(11-13)3-2-10-20(17)12-18(21)14-5-7-16(19)8-6-14;/h2-11H,12H2,1H3;1H/q+1;/p-1. The Balaban J connectivity index is 0.00000176. The number of aromatic nitrogens is 1. The lowest BCUT2D eigenvalue weighted by Gasteiger charge is -2.02. The van der Waals surface area contributed by atoms with Gasteiger partial charge in [0.15, 0.2) is 6.20 Å². The average molecular weight is 360 g/mol. The smallest absolute Gasteiger partial charge is 0.227 e. The fourth-order valence-corrected chi connectivity index (χ4v) is 2.42. The van der Waals surface area contributed by atoms with Gasteiger partial charge in [-0.3, -0.25) is 4.79 Å². The van der Waals surface area contributed by atoms with Crippen molar-refractivity contribution in [3.63, 3.8) is 0 Å². The van der Waals surface area contributed by atoms with Crippen LogP contribution >= 0.6 is 0 Å². The van der Waals surface area contributed by atoms with Gasteiger partial charge < -0.3 is 17.0 Å². The number of halogens is 2. The molecule has 0 N–H and O–H groups in total. The molecule has 0 aliphatic rings. The Morgan fingerprint density at radius 2 is 1.82 bits per heavy atom. The molecule has 0 atom stereocenters. The van der Waals surface area contributed by atoms with Crippen molar-refractivity contribution in [3.8, 4) is 0 Å². The monoisotopic (exact) mass is 359 g/mol. The molecule has 0 fully saturated rings. The SMILES string of the molecule is Cc1ccc2c(ccc[n+]2CC(=O)c2ccc(F)cc2)c1.[Br-]. The first-order valence-corrected chi connectivity index (χ1v) is 6.81. The van der Waals surface area contributed by atoms with Gasteiger partial charge in [-0.05, 0) is 43.3 Å². The van der Waals surface area contributed by atoms with Crippen molar-refractivity contribution in [2.24, 2.45) is 0 Å². The van der Waals surface area contributed by atoms with Crippen LogP contribution < -0.4 is 21.5 Å². The van der Waals surface area contributed by atoms with Crippen LogP contribution in [-0.2, 0) is 6.54 Å².